The summed E-state index contributed by atoms with van der Waals surface area (Å²) in [6.45, 7) is 3.68. The number of aromatic nitrogens is 1. The Morgan fingerprint density at radius 3 is 2.90 bits per heavy atom. The van der Waals surface area contributed by atoms with Crippen molar-refractivity contribution in [3.05, 3.63) is 35.7 Å². The van der Waals surface area contributed by atoms with Crippen LogP contribution in [-0.2, 0) is 9.53 Å². The molecule has 0 spiro atoms. The lowest BCUT2D eigenvalue weighted by molar-refractivity contribution is -0.131. The van der Waals surface area contributed by atoms with E-state index in [1.165, 1.54) is 18.5 Å². The van der Waals surface area contributed by atoms with Crippen molar-refractivity contribution in [2.75, 3.05) is 19.8 Å². The maximum Gasteiger partial charge on any atom is 0.328 e. The first-order valence-corrected chi connectivity index (χ1v) is 6.85. The first-order valence-electron chi connectivity index (χ1n) is 6.85. The molecule has 0 saturated carbocycles. The van der Waals surface area contributed by atoms with E-state index in [9.17, 15) is 9.59 Å². The summed E-state index contributed by atoms with van der Waals surface area (Å²) < 4.78 is 5.34. The van der Waals surface area contributed by atoms with Crippen molar-refractivity contribution in [3.63, 3.8) is 0 Å². The number of aliphatic carboxylic acids is 1. The number of unbranched alkanes of at least 4 members (excludes halogenated alkanes) is 1. The van der Waals surface area contributed by atoms with Crippen molar-refractivity contribution in [2.45, 2.75) is 19.8 Å². The number of hydrogen-bond acceptors (Lipinski definition) is 4. The minimum absolute atomic E-state index is 0.257. The van der Waals surface area contributed by atoms with Gasteiger partial charge in [-0.25, -0.2) is 4.79 Å². The highest BCUT2D eigenvalue weighted by Gasteiger charge is 2.05. The van der Waals surface area contributed by atoms with Gasteiger partial charge in [0.05, 0.1) is 12.2 Å². The third-order valence-electron chi connectivity index (χ3n) is 2.61. The zero-order valence-electron chi connectivity index (χ0n) is 12.0. The molecule has 114 valence electrons. The minimum atomic E-state index is -1.05. The van der Waals surface area contributed by atoms with Crippen LogP contribution in [0.2, 0.25) is 0 Å². The lowest BCUT2D eigenvalue weighted by Crippen LogP contribution is -2.27. The van der Waals surface area contributed by atoms with Crippen molar-refractivity contribution in [1.82, 2.24) is 10.3 Å². The number of rotatable bonds is 9. The highest BCUT2D eigenvalue weighted by Crippen LogP contribution is 2.04. The lowest BCUT2D eigenvalue weighted by Gasteiger charge is -2.06. The average molecular weight is 292 g/mol. The molecule has 6 nitrogen and oxygen atoms in total. The standard InChI is InChI=1S/C15H20N2O4/c1-2-3-7-21-8-6-17-15(20)13-9-12(10-16-11-13)4-5-14(18)19/h4-5,9-11H,2-3,6-8H2,1H3,(H,17,20)(H,18,19). The molecule has 1 heterocycles. The van der Waals surface area contributed by atoms with E-state index in [1.54, 1.807) is 6.07 Å². The van der Waals surface area contributed by atoms with Crippen LogP contribution in [0.5, 0.6) is 0 Å². The van der Waals surface area contributed by atoms with Gasteiger partial charge in [-0.2, -0.15) is 0 Å². The maximum atomic E-state index is 11.9. The first-order chi connectivity index (χ1) is 10.1. The van der Waals surface area contributed by atoms with Crippen molar-refractivity contribution < 1.29 is 19.4 Å². The second kappa shape index (κ2) is 9.66. The molecule has 1 rings (SSSR count). The molecule has 0 radical (unpaired) electrons. The Balaban J connectivity index is 2.43. The molecule has 1 amide bonds. The smallest absolute Gasteiger partial charge is 0.328 e. The average Bonchev–Trinajstić information content (AvgIpc) is 2.48. The molecule has 0 saturated heterocycles. The first kappa shape index (κ1) is 16.8. The number of carboxylic acids is 1. The van der Waals surface area contributed by atoms with E-state index >= 15 is 0 Å². The summed E-state index contributed by atoms with van der Waals surface area (Å²) in [5.41, 5.74) is 0.945. The number of pyridine rings is 1. The zero-order valence-corrected chi connectivity index (χ0v) is 12.0. The summed E-state index contributed by atoms with van der Waals surface area (Å²) >= 11 is 0. The van der Waals surface area contributed by atoms with Gasteiger partial charge in [-0.1, -0.05) is 13.3 Å². The third-order valence-corrected chi connectivity index (χ3v) is 2.61. The molecule has 0 unspecified atom stereocenters. The molecule has 21 heavy (non-hydrogen) atoms. The predicted octanol–water partition coefficient (Wildman–Crippen LogP) is 1.73. The van der Waals surface area contributed by atoms with E-state index in [2.05, 4.69) is 17.2 Å². The van der Waals surface area contributed by atoms with Crippen LogP contribution in [0.3, 0.4) is 0 Å². The van der Waals surface area contributed by atoms with Crippen LogP contribution < -0.4 is 5.32 Å². The molecule has 6 heteroatoms. The van der Waals surface area contributed by atoms with E-state index < -0.39 is 5.97 Å². The molecule has 0 bridgehead atoms. The van der Waals surface area contributed by atoms with Crippen LogP contribution in [0, 0.1) is 0 Å². The second-order valence-corrected chi connectivity index (χ2v) is 4.40. The SMILES string of the molecule is CCCCOCCNC(=O)c1cncc(C=CC(=O)O)c1. The number of ether oxygens (including phenoxy) is 1. The molecule has 2 N–H and O–H groups in total. The molecule has 0 fully saturated rings. The highest BCUT2D eigenvalue weighted by molar-refractivity contribution is 5.94. The number of nitrogens with one attached hydrogen (secondary N) is 1. The Kier molecular flexibility index (Phi) is 7.74. The van der Waals surface area contributed by atoms with E-state index in [0.717, 1.165) is 18.9 Å². The summed E-state index contributed by atoms with van der Waals surface area (Å²) in [5, 5.41) is 11.3. The number of carboxylic acid groups (broad SMARTS) is 1. The van der Waals surface area contributed by atoms with Gasteiger partial charge in [-0.05, 0) is 24.1 Å². The Hall–Kier alpha value is -2.21. The monoisotopic (exact) mass is 292 g/mol. The van der Waals surface area contributed by atoms with Crippen LogP contribution in [0.15, 0.2) is 24.5 Å². The van der Waals surface area contributed by atoms with Crippen LogP contribution in [0.1, 0.15) is 35.7 Å². The molecule has 0 aliphatic rings. The van der Waals surface area contributed by atoms with Crippen molar-refractivity contribution in [3.8, 4) is 0 Å². The Morgan fingerprint density at radius 2 is 2.19 bits per heavy atom. The largest absolute Gasteiger partial charge is 0.478 e. The maximum absolute atomic E-state index is 11.9. The fourth-order valence-electron chi connectivity index (χ4n) is 1.53. The summed E-state index contributed by atoms with van der Waals surface area (Å²) in [5.74, 6) is -1.30. The van der Waals surface area contributed by atoms with E-state index in [-0.39, 0.29) is 5.91 Å². The molecule has 0 aliphatic heterocycles. The van der Waals surface area contributed by atoms with E-state index in [4.69, 9.17) is 9.84 Å². The molecular weight excluding hydrogens is 272 g/mol. The summed E-state index contributed by atoms with van der Waals surface area (Å²) in [6.07, 6.45) is 7.40. The van der Waals surface area contributed by atoms with Gasteiger partial charge in [0, 0.05) is 31.6 Å². The number of carbonyl (C=O) groups is 2. The van der Waals surface area contributed by atoms with Gasteiger partial charge < -0.3 is 15.2 Å². The molecular formula is C15H20N2O4. The van der Waals surface area contributed by atoms with Crippen LogP contribution in [0.4, 0.5) is 0 Å². The Morgan fingerprint density at radius 1 is 1.38 bits per heavy atom. The van der Waals surface area contributed by atoms with Crippen molar-refractivity contribution >= 4 is 18.0 Å². The fraction of sp³-hybridized carbons (Fsp3) is 0.400. The second-order valence-electron chi connectivity index (χ2n) is 4.40. The normalized spacial score (nSPS) is 10.7. The van der Waals surface area contributed by atoms with E-state index in [1.807, 2.05) is 0 Å². The lowest BCUT2D eigenvalue weighted by atomic mass is 10.2. The topological polar surface area (TPSA) is 88.5 Å². The van der Waals surface area contributed by atoms with Gasteiger partial charge in [-0.3, -0.25) is 9.78 Å². The molecule has 0 aliphatic carbocycles. The number of nitrogens with zero attached hydrogens (tertiary/aromatic N) is 1. The van der Waals surface area contributed by atoms with Crippen molar-refractivity contribution in [1.29, 1.82) is 0 Å². The summed E-state index contributed by atoms with van der Waals surface area (Å²) in [4.78, 5) is 26.2. The van der Waals surface area contributed by atoms with Crippen LogP contribution >= 0.6 is 0 Å². The van der Waals surface area contributed by atoms with Crippen LogP contribution in [0.25, 0.3) is 6.08 Å². The third kappa shape index (κ3) is 7.22. The summed E-state index contributed by atoms with van der Waals surface area (Å²) in [7, 11) is 0. The molecule has 0 atom stereocenters. The number of hydrogen-bond donors (Lipinski definition) is 2. The van der Waals surface area contributed by atoms with Gasteiger partial charge >= 0.3 is 5.97 Å². The van der Waals surface area contributed by atoms with Gasteiger partial charge in [0.15, 0.2) is 0 Å². The molecule has 1 aromatic heterocycles. The van der Waals surface area contributed by atoms with Gasteiger partial charge in [0.25, 0.3) is 5.91 Å². The quantitative estimate of drug-likeness (QED) is 0.534. The van der Waals surface area contributed by atoms with E-state index in [0.29, 0.717) is 30.9 Å². The molecule has 0 aromatic carbocycles. The Labute approximate surface area is 123 Å². The molecule has 1 aromatic rings. The van der Waals surface area contributed by atoms with Gasteiger partial charge in [0.1, 0.15) is 0 Å². The number of amides is 1. The predicted molar refractivity (Wildman–Crippen MR) is 79.0 cm³/mol. The minimum Gasteiger partial charge on any atom is -0.478 e. The Bertz CT molecular complexity index is 500. The van der Waals surface area contributed by atoms with Crippen molar-refractivity contribution in [2.24, 2.45) is 0 Å². The highest BCUT2D eigenvalue weighted by atomic mass is 16.5. The van der Waals surface area contributed by atoms with Gasteiger partial charge in [-0.15, -0.1) is 0 Å². The number of carbonyl (C=O) groups excluding carboxylic acids is 1. The zero-order chi connectivity index (χ0) is 15.5. The van der Waals surface area contributed by atoms with Gasteiger partial charge in [0.2, 0.25) is 0 Å². The fourth-order valence-corrected chi connectivity index (χ4v) is 1.53. The van der Waals surface area contributed by atoms with Crippen LogP contribution in [-0.4, -0.2) is 41.7 Å². The summed E-state index contributed by atoms with van der Waals surface area (Å²) in [6, 6.07) is 1.58.